The Balaban J connectivity index is 2.08. The molecule has 0 aliphatic rings. The minimum absolute atomic E-state index is 0.191. The van der Waals surface area contributed by atoms with Crippen molar-refractivity contribution in [1.29, 1.82) is 0 Å². The zero-order valence-electron chi connectivity index (χ0n) is 7.44. The van der Waals surface area contributed by atoms with E-state index in [0.717, 1.165) is 0 Å². The average Bonchev–Trinajstić information content (AvgIpc) is 2.73. The van der Waals surface area contributed by atoms with Crippen molar-refractivity contribution in [2.75, 3.05) is 0 Å². The quantitative estimate of drug-likeness (QED) is 0.899. The minimum atomic E-state index is 0.191. The lowest BCUT2D eigenvalue weighted by molar-refractivity contribution is 0.296. The number of halogens is 2. The number of rotatable bonds is 3. The number of aromatic nitrogens is 4. The molecule has 0 saturated heterocycles. The number of benzene rings is 1. The van der Waals surface area contributed by atoms with Gasteiger partial charge in [-0.2, -0.15) is 5.21 Å². The van der Waals surface area contributed by atoms with Gasteiger partial charge in [0.25, 0.3) is 0 Å². The molecule has 0 atom stereocenters. The van der Waals surface area contributed by atoms with Gasteiger partial charge in [-0.05, 0) is 12.1 Å². The number of nitrogens with zero attached hydrogens (tertiary/aromatic N) is 3. The van der Waals surface area contributed by atoms with Gasteiger partial charge in [0.2, 0.25) is 5.82 Å². The number of aromatic amines is 1. The van der Waals surface area contributed by atoms with E-state index in [2.05, 4.69) is 20.6 Å². The van der Waals surface area contributed by atoms with Crippen molar-refractivity contribution in [3.63, 3.8) is 0 Å². The zero-order chi connectivity index (χ0) is 10.7. The Morgan fingerprint density at radius 1 is 1.33 bits per heavy atom. The lowest BCUT2D eigenvalue weighted by Gasteiger charge is -2.05. The molecule has 2 rings (SSSR count). The molecule has 78 valence electrons. The van der Waals surface area contributed by atoms with E-state index in [9.17, 15) is 0 Å². The smallest absolute Gasteiger partial charge is 0.211 e. The molecule has 1 aromatic carbocycles. The van der Waals surface area contributed by atoms with E-state index in [1.54, 1.807) is 18.2 Å². The third-order valence-electron chi connectivity index (χ3n) is 1.66. The van der Waals surface area contributed by atoms with Gasteiger partial charge in [-0.25, -0.2) is 0 Å². The first-order chi connectivity index (χ1) is 7.27. The maximum Gasteiger partial charge on any atom is 0.211 e. The van der Waals surface area contributed by atoms with Crippen molar-refractivity contribution in [1.82, 2.24) is 20.6 Å². The van der Waals surface area contributed by atoms with Crippen molar-refractivity contribution < 1.29 is 4.74 Å². The first kappa shape index (κ1) is 10.2. The molecule has 0 unspecified atom stereocenters. The molecule has 0 radical (unpaired) electrons. The summed E-state index contributed by atoms with van der Waals surface area (Å²) in [7, 11) is 0. The number of hydrogen-bond donors (Lipinski definition) is 1. The average molecular weight is 245 g/mol. The molecule has 0 saturated carbocycles. The Hall–Kier alpha value is -1.33. The minimum Gasteiger partial charge on any atom is -0.484 e. The lowest BCUT2D eigenvalue weighted by Crippen LogP contribution is -1.98. The zero-order valence-corrected chi connectivity index (χ0v) is 8.96. The van der Waals surface area contributed by atoms with Crippen molar-refractivity contribution in [3.8, 4) is 5.75 Å². The molecule has 15 heavy (non-hydrogen) atoms. The lowest BCUT2D eigenvalue weighted by atomic mass is 10.3. The van der Waals surface area contributed by atoms with Crippen LogP contribution in [-0.2, 0) is 6.61 Å². The van der Waals surface area contributed by atoms with Crippen LogP contribution >= 0.6 is 23.2 Å². The van der Waals surface area contributed by atoms with E-state index >= 15 is 0 Å². The number of H-pyrrole nitrogens is 1. The second kappa shape index (κ2) is 4.46. The second-order valence-electron chi connectivity index (χ2n) is 2.67. The second-order valence-corrected chi connectivity index (χ2v) is 3.45. The Morgan fingerprint density at radius 3 is 2.93 bits per heavy atom. The third-order valence-corrected chi connectivity index (χ3v) is 2.46. The fourth-order valence-corrected chi connectivity index (χ4v) is 1.33. The highest BCUT2D eigenvalue weighted by Gasteiger charge is 2.06. The van der Waals surface area contributed by atoms with Gasteiger partial charge in [0.1, 0.15) is 10.8 Å². The van der Waals surface area contributed by atoms with E-state index in [4.69, 9.17) is 27.9 Å². The molecule has 1 aromatic heterocycles. The Morgan fingerprint density at radius 2 is 2.20 bits per heavy atom. The van der Waals surface area contributed by atoms with E-state index in [1.165, 1.54) is 0 Å². The summed E-state index contributed by atoms with van der Waals surface area (Å²) in [5, 5.41) is 14.0. The number of hydrogen-bond acceptors (Lipinski definition) is 4. The molecule has 0 aliphatic heterocycles. The number of tetrazole rings is 1. The van der Waals surface area contributed by atoms with Crippen LogP contribution < -0.4 is 4.74 Å². The molecule has 0 amide bonds. The molecule has 0 bridgehead atoms. The summed E-state index contributed by atoms with van der Waals surface area (Å²) in [6, 6.07) is 5.15. The number of ether oxygens (including phenoxy) is 1. The highest BCUT2D eigenvalue weighted by atomic mass is 35.5. The van der Waals surface area contributed by atoms with Crippen LogP contribution in [0.2, 0.25) is 10.0 Å². The van der Waals surface area contributed by atoms with Crippen molar-refractivity contribution >= 4 is 23.2 Å². The Bertz CT molecular complexity index is 446. The van der Waals surface area contributed by atoms with Crippen molar-refractivity contribution in [3.05, 3.63) is 34.1 Å². The van der Waals surface area contributed by atoms with Gasteiger partial charge in [-0.1, -0.05) is 34.5 Å². The summed E-state index contributed by atoms with van der Waals surface area (Å²) in [5.41, 5.74) is 0. The van der Waals surface area contributed by atoms with E-state index < -0.39 is 0 Å². The van der Waals surface area contributed by atoms with Crippen molar-refractivity contribution in [2.24, 2.45) is 0 Å². The first-order valence-corrected chi connectivity index (χ1v) is 4.82. The van der Waals surface area contributed by atoms with Crippen LogP contribution in [0.3, 0.4) is 0 Å². The molecular formula is C8H6Cl2N4O. The molecule has 5 nitrogen and oxygen atoms in total. The Kier molecular flexibility index (Phi) is 3.03. The molecule has 7 heteroatoms. The fourth-order valence-electron chi connectivity index (χ4n) is 0.981. The van der Waals surface area contributed by atoms with Gasteiger partial charge < -0.3 is 4.74 Å². The first-order valence-electron chi connectivity index (χ1n) is 4.06. The molecule has 1 heterocycles. The maximum absolute atomic E-state index is 5.91. The number of nitrogens with one attached hydrogen (secondary N) is 1. The third kappa shape index (κ3) is 2.37. The van der Waals surface area contributed by atoms with Crippen LogP contribution in [0.25, 0.3) is 0 Å². The summed E-state index contributed by atoms with van der Waals surface area (Å²) in [5.74, 6) is 0.944. The van der Waals surface area contributed by atoms with Crippen LogP contribution in [0.1, 0.15) is 5.82 Å². The fraction of sp³-hybridized carbons (Fsp3) is 0.125. The van der Waals surface area contributed by atoms with Crippen molar-refractivity contribution in [2.45, 2.75) is 6.61 Å². The molecule has 0 fully saturated rings. The summed E-state index contributed by atoms with van der Waals surface area (Å²) in [6.45, 7) is 0.191. The van der Waals surface area contributed by atoms with Crippen LogP contribution in [0.15, 0.2) is 18.2 Å². The molecule has 1 N–H and O–H groups in total. The van der Waals surface area contributed by atoms with Gasteiger partial charge in [-0.3, -0.25) is 0 Å². The monoisotopic (exact) mass is 244 g/mol. The molecule has 2 aromatic rings. The van der Waals surface area contributed by atoms with E-state index in [1.807, 2.05) is 0 Å². The summed E-state index contributed by atoms with van der Waals surface area (Å²) in [6.07, 6.45) is 0. The normalized spacial score (nSPS) is 10.3. The van der Waals surface area contributed by atoms with Gasteiger partial charge in [0.05, 0.1) is 5.02 Å². The van der Waals surface area contributed by atoms with E-state index in [-0.39, 0.29) is 6.61 Å². The largest absolute Gasteiger partial charge is 0.484 e. The summed E-state index contributed by atoms with van der Waals surface area (Å²) < 4.78 is 5.36. The van der Waals surface area contributed by atoms with Crippen LogP contribution in [0, 0.1) is 0 Å². The van der Waals surface area contributed by atoms with Crippen LogP contribution in [-0.4, -0.2) is 20.6 Å². The van der Waals surface area contributed by atoms with Crippen LogP contribution in [0.4, 0.5) is 0 Å². The summed E-state index contributed by atoms with van der Waals surface area (Å²) >= 11 is 11.7. The van der Waals surface area contributed by atoms with E-state index in [0.29, 0.717) is 21.6 Å². The predicted molar refractivity (Wildman–Crippen MR) is 55.0 cm³/mol. The maximum atomic E-state index is 5.91. The SMILES string of the molecule is Clc1cccc(OCc2nn[nH]n2)c1Cl. The predicted octanol–water partition coefficient (Wildman–Crippen LogP) is 2.09. The molecule has 0 aliphatic carbocycles. The Labute approximate surface area is 95.3 Å². The summed E-state index contributed by atoms with van der Waals surface area (Å²) in [4.78, 5) is 0. The van der Waals surface area contributed by atoms with Gasteiger partial charge in [-0.15, -0.1) is 10.2 Å². The highest BCUT2D eigenvalue weighted by molar-refractivity contribution is 6.42. The van der Waals surface area contributed by atoms with Gasteiger partial charge in [0, 0.05) is 0 Å². The van der Waals surface area contributed by atoms with Crippen LogP contribution in [0.5, 0.6) is 5.75 Å². The molecular weight excluding hydrogens is 239 g/mol. The van der Waals surface area contributed by atoms with Gasteiger partial charge >= 0.3 is 0 Å². The standard InChI is InChI=1S/C8H6Cl2N4O/c9-5-2-1-3-6(8(5)10)15-4-7-11-13-14-12-7/h1-3H,4H2,(H,11,12,13,14). The topological polar surface area (TPSA) is 63.7 Å². The van der Waals surface area contributed by atoms with Gasteiger partial charge in [0.15, 0.2) is 6.61 Å². The molecule has 0 spiro atoms. The highest BCUT2D eigenvalue weighted by Crippen LogP contribution is 2.31.